The molecular weight excluding hydrogens is 380 g/mol. The molecule has 4 aliphatic rings. The molecular formula is C21H28O8. The number of carbonyl (C=O) groups is 3. The molecule has 1 unspecified atom stereocenters. The molecule has 0 bridgehead atoms. The highest BCUT2D eigenvalue weighted by molar-refractivity contribution is 5.91. The summed E-state index contributed by atoms with van der Waals surface area (Å²) in [6, 6.07) is 0. The minimum absolute atomic E-state index is 0.230. The third-order valence-corrected chi connectivity index (χ3v) is 6.27. The Morgan fingerprint density at radius 1 is 1.10 bits per heavy atom. The lowest BCUT2D eigenvalue weighted by atomic mass is 9.71. The van der Waals surface area contributed by atoms with Crippen molar-refractivity contribution in [3.8, 4) is 0 Å². The normalized spacial score (nSPS) is 41.6. The van der Waals surface area contributed by atoms with Crippen molar-refractivity contribution >= 4 is 17.9 Å². The predicted octanol–water partition coefficient (Wildman–Crippen LogP) is 2.45. The highest BCUT2D eigenvalue weighted by atomic mass is 16.8. The van der Waals surface area contributed by atoms with Gasteiger partial charge in [-0.15, -0.1) is 0 Å². The van der Waals surface area contributed by atoms with Gasteiger partial charge in [-0.25, -0.2) is 4.79 Å². The summed E-state index contributed by atoms with van der Waals surface area (Å²) in [4.78, 5) is 35.7. The van der Waals surface area contributed by atoms with Crippen molar-refractivity contribution in [2.45, 2.75) is 78.4 Å². The van der Waals surface area contributed by atoms with E-state index in [4.69, 9.17) is 23.7 Å². The maximum Gasteiger partial charge on any atom is 0.336 e. The van der Waals surface area contributed by atoms with Crippen molar-refractivity contribution in [1.29, 1.82) is 0 Å². The van der Waals surface area contributed by atoms with Crippen LogP contribution in [0.15, 0.2) is 11.6 Å². The number of carbonyl (C=O) groups excluding carboxylic acids is 3. The lowest BCUT2D eigenvalue weighted by Crippen LogP contribution is -2.38. The summed E-state index contributed by atoms with van der Waals surface area (Å²) in [6.07, 6.45) is 2.82. The molecule has 0 aromatic rings. The first-order chi connectivity index (χ1) is 13.6. The zero-order chi connectivity index (χ0) is 20.9. The van der Waals surface area contributed by atoms with Gasteiger partial charge in [-0.05, 0) is 30.6 Å². The monoisotopic (exact) mass is 408 g/mol. The number of hydrogen-bond acceptors (Lipinski definition) is 8. The van der Waals surface area contributed by atoms with Gasteiger partial charge in [-0.3, -0.25) is 9.59 Å². The third kappa shape index (κ3) is 3.92. The molecule has 160 valence electrons. The number of allylic oxidation sites excluding steroid dienone is 1. The van der Waals surface area contributed by atoms with Gasteiger partial charge in [-0.1, -0.05) is 26.3 Å². The molecule has 0 aromatic carbocycles. The molecule has 0 N–H and O–H groups in total. The van der Waals surface area contributed by atoms with Crippen LogP contribution in [0.3, 0.4) is 0 Å². The van der Waals surface area contributed by atoms with Crippen LogP contribution < -0.4 is 0 Å². The molecule has 4 rings (SSSR count). The third-order valence-electron chi connectivity index (χ3n) is 6.27. The van der Waals surface area contributed by atoms with E-state index in [9.17, 15) is 14.4 Å². The Hall–Kier alpha value is -1.93. The molecule has 3 heterocycles. The van der Waals surface area contributed by atoms with E-state index < -0.39 is 54.7 Å². The Balaban J connectivity index is 1.61. The van der Waals surface area contributed by atoms with Crippen molar-refractivity contribution in [2.75, 3.05) is 0 Å². The quantitative estimate of drug-likeness (QED) is 0.399. The van der Waals surface area contributed by atoms with Crippen LogP contribution in [0, 0.1) is 23.2 Å². The fourth-order valence-corrected chi connectivity index (χ4v) is 5.21. The molecule has 0 radical (unpaired) electrons. The lowest BCUT2D eigenvalue weighted by Gasteiger charge is -2.34. The van der Waals surface area contributed by atoms with Crippen LogP contribution in [0.25, 0.3) is 0 Å². The fraction of sp³-hybridized carbons (Fsp3) is 0.762. The Morgan fingerprint density at radius 3 is 2.48 bits per heavy atom. The van der Waals surface area contributed by atoms with Crippen LogP contribution in [0.2, 0.25) is 0 Å². The summed E-state index contributed by atoms with van der Waals surface area (Å²) in [5, 5.41) is 0. The molecule has 8 nitrogen and oxygen atoms in total. The van der Waals surface area contributed by atoms with Crippen molar-refractivity contribution in [2.24, 2.45) is 23.2 Å². The van der Waals surface area contributed by atoms with E-state index in [1.54, 1.807) is 0 Å². The van der Waals surface area contributed by atoms with E-state index in [0.717, 1.165) is 19.3 Å². The summed E-state index contributed by atoms with van der Waals surface area (Å²) in [7, 11) is 0. The topological polar surface area (TPSA) is 97.4 Å². The van der Waals surface area contributed by atoms with Gasteiger partial charge in [0.05, 0.1) is 11.8 Å². The summed E-state index contributed by atoms with van der Waals surface area (Å²) < 4.78 is 27.5. The molecule has 3 saturated heterocycles. The van der Waals surface area contributed by atoms with Gasteiger partial charge in [-0.2, -0.15) is 0 Å². The molecule has 1 aliphatic carbocycles. The summed E-state index contributed by atoms with van der Waals surface area (Å²) >= 11 is 0. The smallest absolute Gasteiger partial charge is 0.336 e. The molecule has 3 aliphatic heterocycles. The minimum Gasteiger partial charge on any atom is -0.455 e. The first kappa shape index (κ1) is 20.3. The van der Waals surface area contributed by atoms with Crippen LogP contribution in [0.5, 0.6) is 0 Å². The van der Waals surface area contributed by atoms with Crippen molar-refractivity contribution in [3.63, 3.8) is 0 Å². The number of ether oxygens (including phenoxy) is 5. The Morgan fingerprint density at radius 2 is 1.83 bits per heavy atom. The molecule has 0 spiro atoms. The van der Waals surface area contributed by atoms with Crippen LogP contribution in [0.1, 0.15) is 53.4 Å². The molecule has 7 atom stereocenters. The van der Waals surface area contributed by atoms with Gasteiger partial charge in [0.1, 0.15) is 0 Å². The minimum atomic E-state index is -1.07. The van der Waals surface area contributed by atoms with Crippen LogP contribution in [-0.2, 0) is 38.1 Å². The van der Waals surface area contributed by atoms with Gasteiger partial charge in [0.25, 0.3) is 0 Å². The number of rotatable bonds is 3. The van der Waals surface area contributed by atoms with Crippen molar-refractivity contribution in [3.05, 3.63) is 11.6 Å². The first-order valence-corrected chi connectivity index (χ1v) is 10.2. The zero-order valence-electron chi connectivity index (χ0n) is 17.2. The standard InChI is InChI=1S/C21H28O8/c1-10(22)25-16-15-14-13(8-12-6-5-7-21(3,4)9-12)17(24)27-18(14)28-19(15)29-20(16)26-11(2)23/h8,12,14-16,18-20H,5-7,9H2,1-4H3/b13-8-/t12?,14-,15-,16-,18+,19+,20-/m0/s1. The predicted molar refractivity (Wildman–Crippen MR) is 97.7 cm³/mol. The number of hydrogen-bond donors (Lipinski definition) is 0. The average Bonchev–Trinajstić information content (AvgIpc) is 3.16. The second kappa shape index (κ2) is 7.40. The largest absolute Gasteiger partial charge is 0.455 e. The molecule has 8 heteroatoms. The lowest BCUT2D eigenvalue weighted by molar-refractivity contribution is -0.244. The van der Waals surface area contributed by atoms with Gasteiger partial charge in [0.15, 0.2) is 12.4 Å². The number of fused-ring (bicyclic) bond motifs is 3. The van der Waals surface area contributed by atoms with Crippen molar-refractivity contribution < 1.29 is 38.1 Å². The highest BCUT2D eigenvalue weighted by Gasteiger charge is 2.64. The van der Waals surface area contributed by atoms with Gasteiger partial charge in [0, 0.05) is 19.4 Å². The zero-order valence-corrected chi connectivity index (χ0v) is 17.2. The van der Waals surface area contributed by atoms with E-state index in [1.807, 2.05) is 6.08 Å². The second-order valence-electron chi connectivity index (χ2n) is 9.21. The van der Waals surface area contributed by atoms with Crippen LogP contribution in [0.4, 0.5) is 0 Å². The maximum absolute atomic E-state index is 12.6. The van der Waals surface area contributed by atoms with E-state index in [-0.39, 0.29) is 11.3 Å². The maximum atomic E-state index is 12.6. The van der Waals surface area contributed by atoms with Crippen LogP contribution in [-0.4, -0.2) is 42.9 Å². The van der Waals surface area contributed by atoms with Crippen molar-refractivity contribution in [1.82, 2.24) is 0 Å². The SMILES string of the molecule is CC(=O)O[C@H]1O[C@H]2O[C@H]3OC(=O)/C(=C\C4CCCC(C)(C)C4)[C@H]3[C@H]2[C@@H]1OC(C)=O. The summed E-state index contributed by atoms with van der Waals surface area (Å²) in [6.45, 7) is 7.02. The van der Waals surface area contributed by atoms with Gasteiger partial charge < -0.3 is 23.7 Å². The summed E-state index contributed by atoms with van der Waals surface area (Å²) in [5.41, 5.74) is 0.780. The average molecular weight is 408 g/mol. The fourth-order valence-electron chi connectivity index (χ4n) is 5.21. The highest BCUT2D eigenvalue weighted by Crippen LogP contribution is 2.51. The van der Waals surface area contributed by atoms with E-state index in [0.29, 0.717) is 5.57 Å². The first-order valence-electron chi connectivity index (χ1n) is 10.2. The van der Waals surface area contributed by atoms with Crippen LogP contribution >= 0.6 is 0 Å². The molecule has 0 aromatic heterocycles. The molecule has 29 heavy (non-hydrogen) atoms. The molecule has 0 amide bonds. The number of esters is 3. The van der Waals surface area contributed by atoms with Gasteiger partial charge >= 0.3 is 17.9 Å². The Labute approximate surface area is 169 Å². The Bertz CT molecular complexity index is 741. The van der Waals surface area contributed by atoms with E-state index in [2.05, 4.69) is 13.8 Å². The Kier molecular flexibility index (Phi) is 5.19. The van der Waals surface area contributed by atoms with Gasteiger partial charge in [0.2, 0.25) is 12.6 Å². The van der Waals surface area contributed by atoms with E-state index in [1.165, 1.54) is 20.3 Å². The molecule has 1 saturated carbocycles. The molecule has 4 fully saturated rings. The second-order valence-corrected chi connectivity index (χ2v) is 9.21. The summed E-state index contributed by atoms with van der Waals surface area (Å²) in [5.74, 6) is -2.12. The van der Waals surface area contributed by atoms with E-state index >= 15 is 0 Å².